The second kappa shape index (κ2) is 5.95. The van der Waals surface area contributed by atoms with E-state index in [0.29, 0.717) is 18.2 Å². The number of hydrogen-bond donors (Lipinski definition) is 1. The van der Waals surface area contributed by atoms with E-state index in [4.69, 9.17) is 4.74 Å². The molecular weight excluding hydrogens is 228 g/mol. The van der Waals surface area contributed by atoms with Gasteiger partial charge < -0.3 is 10.1 Å². The van der Waals surface area contributed by atoms with Gasteiger partial charge >= 0.3 is 0 Å². The van der Waals surface area contributed by atoms with Gasteiger partial charge in [-0.25, -0.2) is 9.97 Å². The van der Waals surface area contributed by atoms with Crippen molar-refractivity contribution in [2.24, 2.45) is 0 Å². The highest BCUT2D eigenvalue weighted by Crippen LogP contribution is 2.10. The maximum absolute atomic E-state index is 5.00. The molecule has 0 saturated heterocycles. The molecule has 0 aromatic carbocycles. The molecule has 18 heavy (non-hydrogen) atoms. The molecule has 0 amide bonds. The highest BCUT2D eigenvalue weighted by Gasteiger charge is 2.02. The van der Waals surface area contributed by atoms with Crippen molar-refractivity contribution in [2.45, 2.75) is 19.9 Å². The zero-order valence-electron chi connectivity index (χ0n) is 10.6. The van der Waals surface area contributed by atoms with E-state index >= 15 is 0 Å². The molecule has 2 rings (SSSR count). The summed E-state index contributed by atoms with van der Waals surface area (Å²) in [7, 11) is 1.59. The minimum atomic E-state index is 0.573. The van der Waals surface area contributed by atoms with Crippen LogP contribution in [0.1, 0.15) is 18.2 Å². The largest absolute Gasteiger partial charge is 0.494 e. The molecule has 1 N–H and O–H groups in total. The van der Waals surface area contributed by atoms with Gasteiger partial charge in [-0.05, 0) is 18.1 Å². The topological polar surface area (TPSA) is 59.9 Å². The van der Waals surface area contributed by atoms with Crippen LogP contribution in [-0.4, -0.2) is 22.1 Å². The van der Waals surface area contributed by atoms with Crippen molar-refractivity contribution in [1.29, 1.82) is 0 Å². The van der Waals surface area contributed by atoms with E-state index in [1.165, 1.54) is 5.56 Å². The lowest BCUT2D eigenvalue weighted by atomic mass is 10.1. The number of anilines is 1. The Morgan fingerprint density at radius 2 is 2.00 bits per heavy atom. The SMILES string of the molecule is CCc1cccnc1CNc1ncc(OC)cn1. The van der Waals surface area contributed by atoms with Crippen LogP contribution in [0, 0.1) is 0 Å². The van der Waals surface area contributed by atoms with E-state index in [1.54, 1.807) is 25.7 Å². The fraction of sp³-hybridized carbons (Fsp3) is 0.308. The van der Waals surface area contributed by atoms with E-state index in [0.717, 1.165) is 12.1 Å². The van der Waals surface area contributed by atoms with Crippen LogP contribution in [0.4, 0.5) is 5.95 Å². The summed E-state index contributed by atoms with van der Waals surface area (Å²) in [5.74, 6) is 1.22. The van der Waals surface area contributed by atoms with Crippen molar-refractivity contribution in [3.63, 3.8) is 0 Å². The zero-order valence-corrected chi connectivity index (χ0v) is 10.6. The second-order valence-electron chi connectivity index (χ2n) is 3.76. The lowest BCUT2D eigenvalue weighted by Crippen LogP contribution is -2.07. The molecule has 0 bridgehead atoms. The number of aromatic nitrogens is 3. The summed E-state index contributed by atoms with van der Waals surface area (Å²) >= 11 is 0. The first-order valence-electron chi connectivity index (χ1n) is 5.86. The number of pyridine rings is 1. The zero-order chi connectivity index (χ0) is 12.8. The van der Waals surface area contributed by atoms with Crippen molar-refractivity contribution in [3.05, 3.63) is 42.0 Å². The van der Waals surface area contributed by atoms with E-state index in [1.807, 2.05) is 6.07 Å². The summed E-state index contributed by atoms with van der Waals surface area (Å²) in [6, 6.07) is 4.03. The van der Waals surface area contributed by atoms with Gasteiger partial charge in [-0.2, -0.15) is 0 Å². The Hall–Kier alpha value is -2.17. The van der Waals surface area contributed by atoms with Gasteiger partial charge in [0, 0.05) is 6.20 Å². The molecule has 2 heterocycles. The first-order valence-corrected chi connectivity index (χ1v) is 5.86. The van der Waals surface area contributed by atoms with Crippen LogP contribution in [0.15, 0.2) is 30.7 Å². The molecule has 0 radical (unpaired) electrons. The molecule has 0 aliphatic rings. The van der Waals surface area contributed by atoms with E-state index < -0.39 is 0 Å². The van der Waals surface area contributed by atoms with E-state index in [9.17, 15) is 0 Å². The third kappa shape index (κ3) is 2.94. The van der Waals surface area contributed by atoms with Crippen LogP contribution in [0.5, 0.6) is 5.75 Å². The fourth-order valence-corrected chi connectivity index (χ4v) is 1.63. The number of nitrogens with one attached hydrogen (secondary N) is 1. The predicted molar refractivity (Wildman–Crippen MR) is 69.5 cm³/mol. The summed E-state index contributed by atoms with van der Waals surface area (Å²) < 4.78 is 5.00. The molecule has 94 valence electrons. The Morgan fingerprint density at radius 3 is 2.67 bits per heavy atom. The average Bonchev–Trinajstić information content (AvgIpc) is 2.46. The number of nitrogens with zero attached hydrogens (tertiary/aromatic N) is 3. The Morgan fingerprint density at radius 1 is 1.22 bits per heavy atom. The van der Waals surface area contributed by atoms with Crippen LogP contribution < -0.4 is 10.1 Å². The molecule has 0 aliphatic heterocycles. The fourth-order valence-electron chi connectivity index (χ4n) is 1.63. The molecule has 0 fully saturated rings. The summed E-state index contributed by atoms with van der Waals surface area (Å²) in [4.78, 5) is 12.6. The normalized spacial score (nSPS) is 10.1. The van der Waals surface area contributed by atoms with E-state index in [-0.39, 0.29) is 0 Å². The number of aryl methyl sites for hydroxylation is 1. The molecule has 2 aromatic heterocycles. The molecular formula is C13H16N4O. The summed E-state index contributed by atoms with van der Waals surface area (Å²) in [6.07, 6.45) is 6.03. The van der Waals surface area contributed by atoms with Crippen molar-refractivity contribution in [1.82, 2.24) is 15.0 Å². The molecule has 0 aliphatic carbocycles. The Bertz CT molecular complexity index is 499. The average molecular weight is 244 g/mol. The lowest BCUT2D eigenvalue weighted by molar-refractivity contribution is 0.411. The quantitative estimate of drug-likeness (QED) is 0.872. The predicted octanol–water partition coefficient (Wildman–Crippen LogP) is 2.05. The van der Waals surface area contributed by atoms with Crippen molar-refractivity contribution < 1.29 is 4.74 Å². The Labute approximate surface area is 106 Å². The summed E-state index contributed by atoms with van der Waals surface area (Å²) in [6.45, 7) is 2.74. The van der Waals surface area contributed by atoms with Crippen LogP contribution in [0.2, 0.25) is 0 Å². The van der Waals surface area contributed by atoms with E-state index in [2.05, 4.69) is 33.3 Å². The van der Waals surface area contributed by atoms with Gasteiger partial charge in [0.15, 0.2) is 5.75 Å². The highest BCUT2D eigenvalue weighted by molar-refractivity contribution is 5.30. The van der Waals surface area contributed by atoms with Crippen LogP contribution in [0.25, 0.3) is 0 Å². The molecule has 0 spiro atoms. The number of hydrogen-bond acceptors (Lipinski definition) is 5. The van der Waals surface area contributed by atoms with Crippen LogP contribution in [0.3, 0.4) is 0 Å². The molecule has 5 nitrogen and oxygen atoms in total. The highest BCUT2D eigenvalue weighted by atomic mass is 16.5. The first-order chi connectivity index (χ1) is 8.83. The standard InChI is InChI=1S/C13H16N4O/c1-3-10-5-4-6-14-12(10)9-17-13-15-7-11(18-2)8-16-13/h4-8H,3,9H2,1-2H3,(H,15,16,17). The second-order valence-corrected chi connectivity index (χ2v) is 3.76. The van der Waals surface area contributed by atoms with Gasteiger partial charge in [0.05, 0.1) is 31.7 Å². The van der Waals surface area contributed by atoms with Crippen LogP contribution in [-0.2, 0) is 13.0 Å². The van der Waals surface area contributed by atoms with Gasteiger partial charge in [0.1, 0.15) is 0 Å². The smallest absolute Gasteiger partial charge is 0.223 e. The third-order valence-corrected chi connectivity index (χ3v) is 2.64. The molecule has 0 saturated carbocycles. The minimum absolute atomic E-state index is 0.573. The van der Waals surface area contributed by atoms with Crippen molar-refractivity contribution in [2.75, 3.05) is 12.4 Å². The molecule has 5 heteroatoms. The molecule has 0 unspecified atom stereocenters. The Balaban J connectivity index is 2.02. The monoisotopic (exact) mass is 244 g/mol. The number of methoxy groups -OCH3 is 1. The first kappa shape index (κ1) is 12.3. The Kier molecular flexibility index (Phi) is 4.06. The van der Waals surface area contributed by atoms with Crippen molar-refractivity contribution >= 4 is 5.95 Å². The molecule has 2 aromatic rings. The maximum atomic E-state index is 5.00. The lowest BCUT2D eigenvalue weighted by Gasteiger charge is -2.08. The van der Waals surface area contributed by atoms with Gasteiger partial charge in [-0.1, -0.05) is 13.0 Å². The van der Waals surface area contributed by atoms with Gasteiger partial charge in [-0.3, -0.25) is 4.98 Å². The maximum Gasteiger partial charge on any atom is 0.223 e. The van der Waals surface area contributed by atoms with Gasteiger partial charge in [0.25, 0.3) is 0 Å². The van der Waals surface area contributed by atoms with Gasteiger partial charge in [-0.15, -0.1) is 0 Å². The van der Waals surface area contributed by atoms with Crippen molar-refractivity contribution in [3.8, 4) is 5.75 Å². The number of rotatable bonds is 5. The summed E-state index contributed by atoms with van der Waals surface area (Å²) in [5.41, 5.74) is 2.26. The molecule has 0 atom stereocenters. The number of ether oxygens (including phenoxy) is 1. The van der Waals surface area contributed by atoms with Gasteiger partial charge in [0.2, 0.25) is 5.95 Å². The van der Waals surface area contributed by atoms with Crippen LogP contribution >= 0.6 is 0 Å². The minimum Gasteiger partial charge on any atom is -0.494 e. The summed E-state index contributed by atoms with van der Waals surface area (Å²) in [5, 5.41) is 3.15. The third-order valence-electron chi connectivity index (χ3n) is 2.64.